The molecule has 0 aromatic carbocycles. The SMILES string of the molecule is CCCCCCCCO[P+](=O)[O-].[CH2-]CCCCCCC.[Ni+2]. The summed E-state index contributed by atoms with van der Waals surface area (Å²) in [5, 5.41) is 0. The van der Waals surface area contributed by atoms with Gasteiger partial charge >= 0.3 is 24.7 Å². The van der Waals surface area contributed by atoms with Crippen LogP contribution in [0.15, 0.2) is 0 Å². The Morgan fingerprint density at radius 2 is 1.29 bits per heavy atom. The Labute approximate surface area is 143 Å². The first-order valence-electron chi connectivity index (χ1n) is 8.25. The maximum absolute atomic E-state index is 9.95. The second-order valence-electron chi connectivity index (χ2n) is 5.09. The quantitative estimate of drug-likeness (QED) is 0.186. The molecule has 3 nitrogen and oxygen atoms in total. The Hall–Kier alpha value is 0.514. The minimum atomic E-state index is -2.63. The van der Waals surface area contributed by atoms with Gasteiger partial charge in [0, 0.05) is 0 Å². The third kappa shape index (κ3) is 33.4. The van der Waals surface area contributed by atoms with Crippen LogP contribution in [0.1, 0.15) is 90.9 Å². The van der Waals surface area contributed by atoms with Crippen LogP contribution < -0.4 is 4.89 Å². The van der Waals surface area contributed by atoms with Crippen molar-refractivity contribution in [2.75, 3.05) is 6.61 Å². The summed E-state index contributed by atoms with van der Waals surface area (Å²) < 4.78 is 14.4. The van der Waals surface area contributed by atoms with Gasteiger partial charge in [-0.1, -0.05) is 78.1 Å². The average molecular weight is 364 g/mol. The summed E-state index contributed by atoms with van der Waals surface area (Å²) in [4.78, 5) is 9.95. The first-order valence-corrected chi connectivity index (χ1v) is 9.35. The van der Waals surface area contributed by atoms with Gasteiger partial charge in [-0.2, -0.15) is 6.42 Å². The van der Waals surface area contributed by atoms with Crippen LogP contribution in [0.3, 0.4) is 0 Å². The Bertz CT molecular complexity index is 186. The molecular weight excluding hydrogens is 330 g/mol. The summed E-state index contributed by atoms with van der Waals surface area (Å²) in [5.74, 6) is 0. The van der Waals surface area contributed by atoms with Crippen molar-refractivity contribution in [2.24, 2.45) is 0 Å². The number of rotatable bonds is 13. The molecule has 1 unspecified atom stereocenters. The molecule has 0 bridgehead atoms. The number of hydrogen-bond donors (Lipinski definition) is 0. The number of hydrogen-bond acceptors (Lipinski definition) is 3. The summed E-state index contributed by atoms with van der Waals surface area (Å²) in [6, 6.07) is 0. The van der Waals surface area contributed by atoms with E-state index in [-0.39, 0.29) is 16.5 Å². The van der Waals surface area contributed by atoms with E-state index >= 15 is 0 Å². The van der Waals surface area contributed by atoms with E-state index in [1.807, 2.05) is 0 Å². The molecule has 5 heteroatoms. The van der Waals surface area contributed by atoms with Gasteiger partial charge in [-0.3, -0.25) is 0 Å². The molecule has 0 aromatic rings. The molecule has 1 atom stereocenters. The zero-order valence-electron chi connectivity index (χ0n) is 13.9. The van der Waals surface area contributed by atoms with Gasteiger partial charge in [-0.25, -0.2) is 0 Å². The summed E-state index contributed by atoms with van der Waals surface area (Å²) in [6.45, 7) is 8.55. The summed E-state index contributed by atoms with van der Waals surface area (Å²) in [5.41, 5.74) is 0. The first kappa shape index (κ1) is 26.4. The fourth-order valence-corrected chi connectivity index (χ4v) is 2.08. The van der Waals surface area contributed by atoms with Gasteiger partial charge in [0.15, 0.2) is 0 Å². The zero-order valence-corrected chi connectivity index (χ0v) is 15.8. The van der Waals surface area contributed by atoms with Crippen LogP contribution in [0, 0.1) is 6.92 Å². The van der Waals surface area contributed by atoms with Crippen molar-refractivity contribution in [1.29, 1.82) is 0 Å². The molecule has 0 saturated heterocycles. The van der Waals surface area contributed by atoms with E-state index in [4.69, 9.17) is 0 Å². The Balaban J connectivity index is -0.000000317. The van der Waals surface area contributed by atoms with Crippen LogP contribution in [0.5, 0.6) is 0 Å². The second-order valence-corrected chi connectivity index (χ2v) is 5.80. The van der Waals surface area contributed by atoms with Crippen LogP contribution in [0.25, 0.3) is 0 Å². The minimum absolute atomic E-state index is 0. The van der Waals surface area contributed by atoms with Gasteiger partial charge in [0.1, 0.15) is 6.61 Å². The average Bonchev–Trinajstić information content (AvgIpc) is 2.43. The monoisotopic (exact) mass is 363 g/mol. The second kappa shape index (κ2) is 25.5. The molecule has 0 N–H and O–H groups in total. The fourth-order valence-electron chi connectivity index (χ4n) is 1.80. The van der Waals surface area contributed by atoms with Gasteiger partial charge in [0.25, 0.3) is 0 Å². The van der Waals surface area contributed by atoms with Crippen LogP contribution in [-0.2, 0) is 25.6 Å². The van der Waals surface area contributed by atoms with Crippen molar-refractivity contribution in [3.63, 3.8) is 0 Å². The van der Waals surface area contributed by atoms with Gasteiger partial charge in [0.05, 0.1) is 0 Å². The zero-order chi connectivity index (χ0) is 15.5. The van der Waals surface area contributed by atoms with Crippen LogP contribution in [0.4, 0.5) is 0 Å². The summed E-state index contributed by atoms with van der Waals surface area (Å²) >= 11 is 0. The van der Waals surface area contributed by atoms with Gasteiger partial charge in [0.2, 0.25) is 0 Å². The van der Waals surface area contributed by atoms with E-state index in [0.717, 1.165) is 19.3 Å². The Morgan fingerprint density at radius 1 is 0.857 bits per heavy atom. The summed E-state index contributed by atoms with van der Waals surface area (Å²) in [6.07, 6.45) is 14.9. The van der Waals surface area contributed by atoms with Crippen LogP contribution >= 0.6 is 8.25 Å². The third-order valence-electron chi connectivity index (χ3n) is 3.05. The molecule has 0 aliphatic rings. The molecule has 130 valence electrons. The molecule has 0 aliphatic heterocycles. The molecule has 0 radical (unpaired) electrons. The van der Waals surface area contributed by atoms with Crippen LogP contribution in [-0.4, -0.2) is 6.61 Å². The maximum Gasteiger partial charge on any atom is 2.00 e. The van der Waals surface area contributed by atoms with Crippen molar-refractivity contribution in [2.45, 2.75) is 90.9 Å². The fraction of sp³-hybridized carbons (Fsp3) is 0.938. The van der Waals surface area contributed by atoms with Crippen molar-refractivity contribution in [1.82, 2.24) is 0 Å². The Morgan fingerprint density at radius 3 is 1.71 bits per heavy atom. The molecular formula is C16H34NiO3P+. The maximum atomic E-state index is 9.95. The van der Waals surface area contributed by atoms with E-state index in [2.05, 4.69) is 25.3 Å². The normalized spacial score (nSPS) is 10.4. The summed E-state index contributed by atoms with van der Waals surface area (Å²) in [7, 11) is -2.63. The van der Waals surface area contributed by atoms with Crippen molar-refractivity contribution < 1.29 is 30.5 Å². The van der Waals surface area contributed by atoms with Crippen molar-refractivity contribution >= 4 is 8.25 Å². The van der Waals surface area contributed by atoms with Crippen molar-refractivity contribution in [3.05, 3.63) is 6.92 Å². The van der Waals surface area contributed by atoms with Gasteiger partial charge in [-0.05, 0) is 11.0 Å². The Kier molecular flexibility index (Phi) is 32.0. The van der Waals surface area contributed by atoms with E-state index in [9.17, 15) is 9.46 Å². The molecule has 0 heterocycles. The molecule has 0 aliphatic carbocycles. The molecule has 0 saturated carbocycles. The van der Waals surface area contributed by atoms with E-state index in [1.165, 1.54) is 57.8 Å². The third-order valence-corrected chi connectivity index (χ3v) is 3.44. The number of unbranched alkanes of at least 4 members (excludes halogenated alkanes) is 10. The molecule has 0 amide bonds. The standard InChI is InChI=1S/C8H17O3P.C8H17.Ni/c1-2-3-4-5-6-7-8-11-12(9)10;1-3-5-7-8-6-4-2;/h2-8H2,1H3;1,3-8H2,2H3;/q;-1;+2. The molecule has 21 heavy (non-hydrogen) atoms. The molecule has 0 spiro atoms. The molecule has 0 fully saturated rings. The molecule has 0 aromatic heterocycles. The van der Waals surface area contributed by atoms with Crippen molar-refractivity contribution in [3.8, 4) is 0 Å². The largest absolute Gasteiger partial charge is 2.00 e. The minimum Gasteiger partial charge on any atom is -0.566 e. The first-order chi connectivity index (χ1) is 9.68. The predicted molar refractivity (Wildman–Crippen MR) is 85.7 cm³/mol. The van der Waals surface area contributed by atoms with Gasteiger partial charge in [-0.15, -0.1) is 4.52 Å². The topological polar surface area (TPSA) is 49.4 Å². The van der Waals surface area contributed by atoms with E-state index in [0.29, 0.717) is 6.61 Å². The smallest absolute Gasteiger partial charge is 0.566 e. The predicted octanol–water partition coefficient (Wildman–Crippen LogP) is 5.56. The molecule has 0 rings (SSSR count). The van der Waals surface area contributed by atoms with E-state index in [1.54, 1.807) is 0 Å². The van der Waals surface area contributed by atoms with E-state index < -0.39 is 8.25 Å². The van der Waals surface area contributed by atoms with Gasteiger partial charge < -0.3 is 11.8 Å². The van der Waals surface area contributed by atoms with Crippen LogP contribution in [0.2, 0.25) is 0 Å².